The second kappa shape index (κ2) is 6.03. The number of anilines is 2. The molecule has 6 heteroatoms. The van der Waals surface area contributed by atoms with Crippen molar-refractivity contribution in [2.24, 2.45) is 5.41 Å². The van der Waals surface area contributed by atoms with E-state index in [-0.39, 0.29) is 18.4 Å². The number of hydrogen-bond donors (Lipinski definition) is 4. The van der Waals surface area contributed by atoms with Gasteiger partial charge in [-0.15, -0.1) is 0 Å². The molecule has 0 atom stereocenters. The number of hydrogen-bond acceptors (Lipinski definition) is 4. The Balaban J connectivity index is 2.02. The molecule has 0 saturated carbocycles. The Bertz CT molecular complexity index is 555. The lowest BCUT2D eigenvalue weighted by Crippen LogP contribution is -2.43. The summed E-state index contributed by atoms with van der Waals surface area (Å²) in [6, 6.07) is 5.49. The molecule has 1 heterocycles. The van der Waals surface area contributed by atoms with Gasteiger partial charge in [-0.3, -0.25) is 9.59 Å². The fraction of sp³-hybridized carbons (Fsp3) is 0.467. The van der Waals surface area contributed by atoms with Gasteiger partial charge in [0, 0.05) is 32.2 Å². The van der Waals surface area contributed by atoms with Crippen LogP contribution in [0.1, 0.15) is 24.2 Å². The minimum absolute atomic E-state index is 0.0980. The third kappa shape index (κ3) is 3.45. The minimum Gasteiger partial charge on any atom is -0.382 e. The molecule has 0 radical (unpaired) electrons. The molecule has 6 nitrogen and oxygen atoms in total. The maximum absolute atomic E-state index is 12.2. The lowest BCUT2D eigenvalue weighted by molar-refractivity contribution is -0.128. The van der Waals surface area contributed by atoms with E-state index in [0.717, 1.165) is 24.5 Å². The van der Waals surface area contributed by atoms with Gasteiger partial charge >= 0.3 is 0 Å². The molecule has 2 amide bonds. The molecular formula is C15H22N4O2. The third-order valence-electron chi connectivity index (χ3n) is 3.57. The highest BCUT2D eigenvalue weighted by atomic mass is 16.2. The van der Waals surface area contributed by atoms with E-state index in [4.69, 9.17) is 0 Å². The number of amides is 2. The summed E-state index contributed by atoms with van der Waals surface area (Å²) in [4.78, 5) is 23.9. The van der Waals surface area contributed by atoms with Gasteiger partial charge in [-0.2, -0.15) is 0 Å². The normalized spacial score (nSPS) is 13.5. The average Bonchev–Trinajstić information content (AvgIpc) is 2.51. The maximum atomic E-state index is 12.2. The summed E-state index contributed by atoms with van der Waals surface area (Å²) in [6.07, 6.45) is 0. The molecule has 4 N–H and O–H groups in total. The highest BCUT2D eigenvalue weighted by molar-refractivity contribution is 5.97. The van der Waals surface area contributed by atoms with Crippen LogP contribution >= 0.6 is 0 Å². The van der Waals surface area contributed by atoms with Crippen LogP contribution in [0.25, 0.3) is 0 Å². The summed E-state index contributed by atoms with van der Waals surface area (Å²) in [7, 11) is 1.59. The Morgan fingerprint density at radius 3 is 2.52 bits per heavy atom. The molecule has 0 bridgehead atoms. The van der Waals surface area contributed by atoms with Crippen LogP contribution in [0.5, 0.6) is 0 Å². The number of rotatable bonds is 4. The fourth-order valence-electron chi connectivity index (χ4n) is 2.20. The summed E-state index contributed by atoms with van der Waals surface area (Å²) in [6.45, 7) is 5.59. The van der Waals surface area contributed by atoms with E-state index in [9.17, 15) is 9.59 Å². The molecule has 0 spiro atoms. The molecule has 1 aliphatic heterocycles. The van der Waals surface area contributed by atoms with E-state index in [1.807, 2.05) is 12.1 Å². The second-order valence-corrected chi connectivity index (χ2v) is 5.76. The van der Waals surface area contributed by atoms with E-state index in [1.165, 1.54) is 0 Å². The zero-order chi connectivity index (χ0) is 15.5. The maximum Gasteiger partial charge on any atom is 0.251 e. The first-order chi connectivity index (χ1) is 9.94. The highest BCUT2D eigenvalue weighted by Crippen LogP contribution is 2.25. The van der Waals surface area contributed by atoms with Crippen molar-refractivity contribution >= 4 is 23.2 Å². The van der Waals surface area contributed by atoms with Crippen molar-refractivity contribution in [3.05, 3.63) is 23.8 Å². The standard InChI is InChI=1S/C15H22N4O2/c1-15(2,14(21)16-3)9-19-13(20)10-4-5-11-12(8-10)18-7-6-17-11/h4-5,8,17-18H,6-7,9H2,1-3H3,(H,16,21)(H,19,20). The van der Waals surface area contributed by atoms with E-state index in [0.29, 0.717) is 5.56 Å². The van der Waals surface area contributed by atoms with Gasteiger partial charge in [0.2, 0.25) is 5.91 Å². The van der Waals surface area contributed by atoms with Crippen molar-refractivity contribution in [2.45, 2.75) is 13.8 Å². The SMILES string of the molecule is CNC(=O)C(C)(C)CNC(=O)c1ccc2c(c1)NCCN2. The van der Waals surface area contributed by atoms with Gasteiger partial charge in [0.15, 0.2) is 0 Å². The molecule has 114 valence electrons. The van der Waals surface area contributed by atoms with Gasteiger partial charge in [-0.25, -0.2) is 0 Å². The van der Waals surface area contributed by atoms with E-state index in [1.54, 1.807) is 27.0 Å². The summed E-state index contributed by atoms with van der Waals surface area (Å²) in [5.74, 6) is -0.277. The van der Waals surface area contributed by atoms with Crippen molar-refractivity contribution in [1.29, 1.82) is 0 Å². The molecule has 0 aromatic heterocycles. The molecule has 1 aromatic carbocycles. The first-order valence-electron chi connectivity index (χ1n) is 7.06. The van der Waals surface area contributed by atoms with Crippen LogP contribution in [0.4, 0.5) is 11.4 Å². The van der Waals surface area contributed by atoms with E-state index in [2.05, 4.69) is 21.3 Å². The molecule has 1 aliphatic rings. The summed E-state index contributed by atoms with van der Waals surface area (Å²) in [5.41, 5.74) is 1.87. The van der Waals surface area contributed by atoms with Gasteiger partial charge in [0.05, 0.1) is 16.8 Å². The van der Waals surface area contributed by atoms with Crippen LogP contribution in [0.2, 0.25) is 0 Å². The van der Waals surface area contributed by atoms with Crippen molar-refractivity contribution in [3.63, 3.8) is 0 Å². The van der Waals surface area contributed by atoms with Crippen molar-refractivity contribution in [2.75, 3.05) is 37.3 Å². The molecule has 21 heavy (non-hydrogen) atoms. The first-order valence-corrected chi connectivity index (χ1v) is 7.06. The van der Waals surface area contributed by atoms with Crippen LogP contribution in [-0.4, -0.2) is 38.5 Å². The van der Waals surface area contributed by atoms with Crippen LogP contribution < -0.4 is 21.3 Å². The van der Waals surface area contributed by atoms with Crippen LogP contribution in [0.3, 0.4) is 0 Å². The Morgan fingerprint density at radius 1 is 1.19 bits per heavy atom. The van der Waals surface area contributed by atoms with Gasteiger partial charge < -0.3 is 21.3 Å². The number of carbonyl (C=O) groups is 2. The molecule has 0 aliphatic carbocycles. The van der Waals surface area contributed by atoms with Crippen LogP contribution in [0, 0.1) is 5.41 Å². The summed E-state index contributed by atoms with van der Waals surface area (Å²) in [5, 5.41) is 11.9. The zero-order valence-electron chi connectivity index (χ0n) is 12.7. The van der Waals surface area contributed by atoms with Crippen LogP contribution in [-0.2, 0) is 4.79 Å². The molecule has 1 aromatic rings. The number of benzene rings is 1. The highest BCUT2D eigenvalue weighted by Gasteiger charge is 2.27. The predicted octanol–water partition coefficient (Wildman–Crippen LogP) is 1.03. The first kappa shape index (κ1) is 15.2. The Kier molecular flexibility index (Phi) is 4.35. The smallest absolute Gasteiger partial charge is 0.251 e. The molecule has 0 saturated heterocycles. The topological polar surface area (TPSA) is 82.3 Å². The lowest BCUT2D eigenvalue weighted by atomic mass is 9.92. The molecular weight excluding hydrogens is 268 g/mol. The Hall–Kier alpha value is -2.24. The van der Waals surface area contributed by atoms with Crippen molar-refractivity contribution < 1.29 is 9.59 Å². The quantitative estimate of drug-likeness (QED) is 0.667. The lowest BCUT2D eigenvalue weighted by Gasteiger charge is -2.23. The molecule has 0 unspecified atom stereocenters. The summed E-state index contributed by atoms with van der Waals surface area (Å²) < 4.78 is 0. The van der Waals surface area contributed by atoms with Gasteiger partial charge in [0.25, 0.3) is 5.91 Å². The van der Waals surface area contributed by atoms with Gasteiger partial charge in [0.1, 0.15) is 0 Å². The third-order valence-corrected chi connectivity index (χ3v) is 3.57. The monoisotopic (exact) mass is 290 g/mol. The van der Waals surface area contributed by atoms with Gasteiger partial charge in [-0.1, -0.05) is 0 Å². The van der Waals surface area contributed by atoms with E-state index >= 15 is 0 Å². The van der Waals surface area contributed by atoms with Crippen LogP contribution in [0.15, 0.2) is 18.2 Å². The Labute approximate surface area is 124 Å². The fourth-order valence-corrected chi connectivity index (χ4v) is 2.20. The number of fused-ring (bicyclic) bond motifs is 1. The zero-order valence-corrected chi connectivity index (χ0v) is 12.7. The Morgan fingerprint density at radius 2 is 1.86 bits per heavy atom. The van der Waals surface area contributed by atoms with Gasteiger partial charge in [-0.05, 0) is 32.0 Å². The number of nitrogens with one attached hydrogen (secondary N) is 4. The van der Waals surface area contributed by atoms with Crippen molar-refractivity contribution in [3.8, 4) is 0 Å². The van der Waals surface area contributed by atoms with E-state index < -0.39 is 5.41 Å². The largest absolute Gasteiger partial charge is 0.382 e. The average molecular weight is 290 g/mol. The summed E-state index contributed by atoms with van der Waals surface area (Å²) >= 11 is 0. The number of carbonyl (C=O) groups excluding carboxylic acids is 2. The van der Waals surface area contributed by atoms with Crippen molar-refractivity contribution in [1.82, 2.24) is 10.6 Å². The predicted molar refractivity (Wildman–Crippen MR) is 83.6 cm³/mol. The minimum atomic E-state index is -0.640. The second-order valence-electron chi connectivity index (χ2n) is 5.76. The molecule has 2 rings (SSSR count). The molecule has 0 fully saturated rings.